The molecule has 3 N–H and O–H groups in total. The van der Waals surface area contributed by atoms with Crippen LogP contribution in [0.15, 0.2) is 34.7 Å². The quantitative estimate of drug-likeness (QED) is 0.0248. The molecule has 4 amide bonds. The zero-order chi connectivity index (χ0) is 44.5. The molecule has 0 fully saturated rings. The summed E-state index contributed by atoms with van der Waals surface area (Å²) in [6.07, 6.45) is 7.30. The van der Waals surface area contributed by atoms with Crippen LogP contribution in [0.1, 0.15) is 146 Å². The van der Waals surface area contributed by atoms with Gasteiger partial charge in [-0.15, -0.1) is 0 Å². The van der Waals surface area contributed by atoms with Crippen molar-refractivity contribution in [3.05, 3.63) is 41.7 Å². The maximum Gasteiger partial charge on any atom is 0.335 e. The first-order valence-electron chi connectivity index (χ1n) is 21.4. The van der Waals surface area contributed by atoms with Gasteiger partial charge in [-0.3, -0.25) is 24.0 Å². The zero-order valence-electron chi connectivity index (χ0n) is 36.4. The first kappa shape index (κ1) is 50.7. The second-order valence-corrected chi connectivity index (χ2v) is 14.3. The van der Waals surface area contributed by atoms with Gasteiger partial charge >= 0.3 is 17.9 Å². The average Bonchev–Trinajstić information content (AvgIpc) is 3.74. The van der Waals surface area contributed by atoms with E-state index in [0.717, 1.165) is 30.7 Å². The Balaban J connectivity index is 2.19. The van der Waals surface area contributed by atoms with Crippen molar-refractivity contribution in [2.45, 2.75) is 138 Å². The fraction of sp³-hybridized carbons (Fsp3) is 0.614. The van der Waals surface area contributed by atoms with Gasteiger partial charge in [0.05, 0.1) is 56.4 Å². The van der Waals surface area contributed by atoms with Gasteiger partial charge in [0.25, 0.3) is 11.8 Å². The molecule has 334 valence electrons. The zero-order valence-corrected chi connectivity index (χ0v) is 36.4. The van der Waals surface area contributed by atoms with Crippen LogP contribution >= 0.6 is 0 Å². The Hall–Kier alpha value is -5.41. The van der Waals surface area contributed by atoms with Crippen LogP contribution in [0.5, 0.6) is 5.75 Å². The average molecular weight is 843 g/mol. The smallest absolute Gasteiger partial charge is 0.335 e. The number of carbonyl (C=O) groups is 7. The van der Waals surface area contributed by atoms with E-state index < -0.39 is 60.1 Å². The normalized spacial score (nSPS) is 12.4. The molecule has 0 bridgehead atoms. The van der Waals surface area contributed by atoms with Crippen LogP contribution in [-0.2, 0) is 38.3 Å². The summed E-state index contributed by atoms with van der Waals surface area (Å²) in [5.41, 5.74) is 0.563. The lowest BCUT2D eigenvalue weighted by Gasteiger charge is -2.32. The van der Waals surface area contributed by atoms with E-state index in [1.54, 1.807) is 25.1 Å². The van der Waals surface area contributed by atoms with Gasteiger partial charge in [-0.25, -0.2) is 9.59 Å². The lowest BCUT2D eigenvalue weighted by atomic mass is 9.90. The van der Waals surface area contributed by atoms with Crippen molar-refractivity contribution in [3.63, 3.8) is 0 Å². The van der Waals surface area contributed by atoms with Gasteiger partial charge in [-0.1, -0.05) is 79.7 Å². The number of carbonyl (C=O) groups excluding carboxylic acids is 7. The summed E-state index contributed by atoms with van der Waals surface area (Å²) >= 11 is 0. The highest BCUT2D eigenvalue weighted by molar-refractivity contribution is 6.00. The van der Waals surface area contributed by atoms with Crippen LogP contribution < -0.4 is 20.7 Å². The van der Waals surface area contributed by atoms with E-state index in [9.17, 15) is 33.6 Å². The minimum absolute atomic E-state index is 0.0550. The summed E-state index contributed by atoms with van der Waals surface area (Å²) in [6.45, 7) is 13.5. The summed E-state index contributed by atoms with van der Waals surface area (Å²) in [5.74, 6) is -4.32. The first-order chi connectivity index (χ1) is 28.9. The number of hydrogen-bond acceptors (Lipinski definition) is 12. The molecule has 0 spiro atoms. The van der Waals surface area contributed by atoms with Crippen molar-refractivity contribution < 1.29 is 57.0 Å². The number of benzene rings is 1. The van der Waals surface area contributed by atoms with E-state index in [1.165, 1.54) is 12.1 Å². The van der Waals surface area contributed by atoms with Gasteiger partial charge in [0.2, 0.25) is 12.3 Å². The van der Waals surface area contributed by atoms with Crippen molar-refractivity contribution >= 4 is 42.0 Å². The molecule has 2 rings (SSSR count). The van der Waals surface area contributed by atoms with Crippen LogP contribution in [0.3, 0.4) is 0 Å². The molecule has 60 heavy (non-hydrogen) atoms. The van der Waals surface area contributed by atoms with E-state index in [0.29, 0.717) is 56.9 Å². The summed E-state index contributed by atoms with van der Waals surface area (Å²) in [5, 5.41) is 8.90. The van der Waals surface area contributed by atoms with Gasteiger partial charge in [-0.2, -0.15) is 5.06 Å². The number of hydroxylamine groups is 2. The molecule has 0 saturated carbocycles. The lowest BCUT2D eigenvalue weighted by Crippen LogP contribution is -2.49. The third-order valence-electron chi connectivity index (χ3n) is 9.90. The van der Waals surface area contributed by atoms with Gasteiger partial charge < -0.3 is 39.4 Å². The number of nitrogens with one attached hydrogen (secondary N) is 3. The lowest BCUT2D eigenvalue weighted by molar-refractivity contribution is -0.208. The first-order valence-corrected chi connectivity index (χ1v) is 21.4. The number of amides is 4. The molecular formula is C44H66N4O12. The Morgan fingerprint density at radius 2 is 1.45 bits per heavy atom. The summed E-state index contributed by atoms with van der Waals surface area (Å²) in [4.78, 5) is 95.9. The van der Waals surface area contributed by atoms with Crippen molar-refractivity contribution in [1.82, 2.24) is 21.0 Å². The van der Waals surface area contributed by atoms with Crippen molar-refractivity contribution in [1.29, 1.82) is 0 Å². The van der Waals surface area contributed by atoms with Crippen LogP contribution in [0, 0.1) is 11.8 Å². The summed E-state index contributed by atoms with van der Waals surface area (Å²) in [7, 11) is 0. The molecule has 0 aliphatic heterocycles. The largest absolute Gasteiger partial charge is 0.493 e. The van der Waals surface area contributed by atoms with Gasteiger partial charge in [-0.05, 0) is 69.7 Å². The third kappa shape index (κ3) is 16.3. The number of nitrogens with zero attached hydrogens (tertiary/aromatic N) is 1. The molecule has 0 aliphatic rings. The van der Waals surface area contributed by atoms with E-state index in [1.807, 2.05) is 41.5 Å². The standard InChI is InChI=1S/C44H66N4O12/c1-8-15-18-19-32(35(13-6)48(29-49)60-43(54)30(11-4)12-5)40(51)45-28-46-42(53)37-23-22-36(59-37)31-20-21-33(38(26-31)56-14-7)41(52)47-34(44(55)58-25-17-10-3)27-39(50)57-24-16-9-2/h20-23,26,29-30,32,34-35H,8-19,24-25,27-28H2,1-7H3,(H,45,51)(H,46,53)(H,47,52)/t32-,34+,35-/m1/s1. The molecule has 0 unspecified atom stereocenters. The van der Waals surface area contributed by atoms with E-state index >= 15 is 0 Å². The monoisotopic (exact) mass is 842 g/mol. The molecule has 16 nitrogen and oxygen atoms in total. The highest BCUT2D eigenvalue weighted by Gasteiger charge is 2.34. The number of ether oxygens (including phenoxy) is 3. The molecule has 16 heteroatoms. The second-order valence-electron chi connectivity index (χ2n) is 14.3. The van der Waals surface area contributed by atoms with Gasteiger partial charge in [0, 0.05) is 5.56 Å². The minimum atomic E-state index is -1.29. The number of unbranched alkanes of at least 4 members (excludes halogenated alkanes) is 4. The molecule has 0 radical (unpaired) electrons. The summed E-state index contributed by atoms with van der Waals surface area (Å²) < 4.78 is 22.2. The Bertz CT molecular complexity index is 1670. The van der Waals surface area contributed by atoms with Gasteiger partial charge in [0.15, 0.2) is 5.76 Å². The Morgan fingerprint density at radius 3 is 2.07 bits per heavy atom. The number of rotatable bonds is 30. The predicted molar refractivity (Wildman–Crippen MR) is 223 cm³/mol. The molecule has 3 atom stereocenters. The van der Waals surface area contributed by atoms with Gasteiger partial charge in [0.1, 0.15) is 17.6 Å². The van der Waals surface area contributed by atoms with E-state index in [2.05, 4.69) is 16.0 Å². The molecule has 1 aromatic carbocycles. The predicted octanol–water partition coefficient (Wildman–Crippen LogP) is 6.65. The number of hydrogen-bond donors (Lipinski definition) is 3. The third-order valence-corrected chi connectivity index (χ3v) is 9.90. The van der Waals surface area contributed by atoms with Crippen molar-refractivity contribution in [2.24, 2.45) is 11.8 Å². The van der Waals surface area contributed by atoms with Crippen LogP contribution in [0.2, 0.25) is 0 Å². The topological polar surface area (TPSA) is 209 Å². The number of esters is 2. The molecule has 2 aromatic rings. The van der Waals surface area contributed by atoms with E-state index in [4.69, 9.17) is 23.5 Å². The highest BCUT2D eigenvalue weighted by atomic mass is 16.7. The SMILES string of the molecule is CCCCC[C@@H](C(=O)NCNC(=O)c1ccc(-c2ccc(C(=O)N[C@@H](CC(=O)OCCCC)C(=O)OCCCC)c(OCC)c2)o1)[C@@H](CC)N(C=O)OC(=O)C(CC)CC. The second kappa shape index (κ2) is 28.1. The minimum Gasteiger partial charge on any atom is -0.493 e. The van der Waals surface area contributed by atoms with Crippen LogP contribution in [0.4, 0.5) is 0 Å². The van der Waals surface area contributed by atoms with Crippen molar-refractivity contribution in [3.8, 4) is 17.1 Å². The Labute approximate surface area is 354 Å². The fourth-order valence-corrected chi connectivity index (χ4v) is 6.31. The maximum absolute atomic E-state index is 13.5. The molecule has 0 saturated heterocycles. The molecule has 1 heterocycles. The van der Waals surface area contributed by atoms with Crippen molar-refractivity contribution in [2.75, 3.05) is 26.5 Å². The Morgan fingerprint density at radius 1 is 0.767 bits per heavy atom. The molecular weight excluding hydrogens is 776 g/mol. The van der Waals surface area contributed by atoms with Crippen LogP contribution in [-0.4, -0.2) is 85.7 Å². The molecule has 0 aliphatic carbocycles. The van der Waals surface area contributed by atoms with Crippen LogP contribution in [0.25, 0.3) is 11.3 Å². The Kier molecular flexibility index (Phi) is 23.8. The number of furan rings is 1. The maximum atomic E-state index is 13.5. The summed E-state index contributed by atoms with van der Waals surface area (Å²) in [6, 6.07) is 5.64. The fourth-order valence-electron chi connectivity index (χ4n) is 6.31. The molecule has 1 aromatic heterocycles. The van der Waals surface area contributed by atoms with E-state index in [-0.39, 0.29) is 55.2 Å². The highest BCUT2D eigenvalue weighted by Crippen LogP contribution is 2.30.